The van der Waals surface area contributed by atoms with Crippen LogP contribution in [0.5, 0.6) is 0 Å². The fourth-order valence-corrected chi connectivity index (χ4v) is 2.69. The van der Waals surface area contributed by atoms with E-state index in [1.807, 2.05) is 48.5 Å². The third kappa shape index (κ3) is 2.29. The Morgan fingerprint density at radius 2 is 1.76 bits per heavy atom. The summed E-state index contributed by atoms with van der Waals surface area (Å²) in [6, 6.07) is 16.0. The molecular weight excluding hydrogens is 266 g/mol. The Morgan fingerprint density at radius 3 is 2.48 bits per heavy atom. The van der Waals surface area contributed by atoms with Crippen LogP contribution in [0.1, 0.15) is 15.9 Å². The quantitative estimate of drug-likeness (QED) is 0.794. The number of benzene rings is 2. The van der Waals surface area contributed by atoms with E-state index < -0.39 is 12.0 Å². The molecule has 0 saturated heterocycles. The van der Waals surface area contributed by atoms with Gasteiger partial charge < -0.3 is 4.74 Å². The van der Waals surface area contributed by atoms with Gasteiger partial charge in [0.25, 0.3) is 5.91 Å². The molecule has 1 atom stereocenters. The molecule has 1 amide bonds. The van der Waals surface area contributed by atoms with Crippen molar-refractivity contribution in [1.29, 1.82) is 0 Å². The predicted molar refractivity (Wildman–Crippen MR) is 79.2 cm³/mol. The Bertz CT molecular complexity index is 681. The first-order valence-electron chi connectivity index (χ1n) is 6.76. The molecule has 0 fully saturated rings. The van der Waals surface area contributed by atoms with Gasteiger partial charge in [0, 0.05) is 17.7 Å². The normalized spacial score (nSPS) is 17.3. The molecule has 0 aliphatic carbocycles. The van der Waals surface area contributed by atoms with E-state index in [0.717, 1.165) is 5.56 Å². The van der Waals surface area contributed by atoms with E-state index in [-0.39, 0.29) is 5.91 Å². The van der Waals surface area contributed by atoms with Gasteiger partial charge in [0.05, 0.1) is 7.11 Å². The van der Waals surface area contributed by atoms with Gasteiger partial charge in [0.2, 0.25) is 0 Å². The lowest BCUT2D eigenvalue weighted by Gasteiger charge is -2.34. The van der Waals surface area contributed by atoms with Gasteiger partial charge in [-0.2, -0.15) is 0 Å². The minimum atomic E-state index is -0.625. The number of carbonyl (C=O) groups is 2. The number of carbonyl (C=O) groups excluding carboxylic acids is 2. The van der Waals surface area contributed by atoms with Gasteiger partial charge in [0.1, 0.15) is 6.04 Å². The molecule has 0 bridgehead atoms. The maximum Gasteiger partial charge on any atom is 0.329 e. The number of amides is 1. The Hall–Kier alpha value is -2.62. The predicted octanol–water partition coefficient (Wildman–Crippen LogP) is 2.43. The molecule has 1 aliphatic heterocycles. The molecule has 0 radical (unpaired) electrons. The highest BCUT2D eigenvalue weighted by atomic mass is 16.5. The zero-order valence-electron chi connectivity index (χ0n) is 11.7. The second-order valence-corrected chi connectivity index (χ2v) is 4.91. The van der Waals surface area contributed by atoms with Crippen molar-refractivity contribution in [2.45, 2.75) is 12.5 Å². The second-order valence-electron chi connectivity index (χ2n) is 4.91. The Morgan fingerprint density at radius 1 is 1.10 bits per heavy atom. The summed E-state index contributed by atoms with van der Waals surface area (Å²) in [5.41, 5.74) is 2.22. The smallest absolute Gasteiger partial charge is 0.329 e. The van der Waals surface area contributed by atoms with Crippen LogP contribution in [-0.2, 0) is 16.0 Å². The number of nitrogens with zero attached hydrogens (tertiary/aromatic N) is 1. The number of hydrogen-bond acceptors (Lipinski definition) is 3. The van der Waals surface area contributed by atoms with Crippen LogP contribution in [-0.4, -0.2) is 25.0 Å². The average Bonchev–Trinajstić information content (AvgIpc) is 2.55. The van der Waals surface area contributed by atoms with Gasteiger partial charge in [-0.05, 0) is 23.8 Å². The van der Waals surface area contributed by atoms with E-state index in [4.69, 9.17) is 4.74 Å². The Kier molecular flexibility index (Phi) is 3.44. The molecule has 21 heavy (non-hydrogen) atoms. The number of methoxy groups -OCH3 is 1. The molecule has 2 aromatic carbocycles. The van der Waals surface area contributed by atoms with Gasteiger partial charge in [-0.1, -0.05) is 36.4 Å². The molecule has 2 aromatic rings. The largest absolute Gasteiger partial charge is 0.467 e. The molecule has 3 rings (SSSR count). The summed E-state index contributed by atoms with van der Waals surface area (Å²) in [6.45, 7) is 0. The van der Waals surface area contributed by atoms with Crippen molar-refractivity contribution in [3.8, 4) is 0 Å². The maximum atomic E-state index is 12.8. The SMILES string of the molecule is COC(=O)C1Cc2ccccc2C(=O)N1c1ccccc1. The maximum absolute atomic E-state index is 12.8. The molecule has 1 heterocycles. The van der Waals surface area contributed by atoms with E-state index >= 15 is 0 Å². The lowest BCUT2D eigenvalue weighted by molar-refractivity contribution is -0.142. The van der Waals surface area contributed by atoms with Gasteiger partial charge in [-0.25, -0.2) is 4.79 Å². The summed E-state index contributed by atoms with van der Waals surface area (Å²) in [6.07, 6.45) is 0.462. The highest BCUT2D eigenvalue weighted by Gasteiger charge is 2.37. The lowest BCUT2D eigenvalue weighted by atomic mass is 9.92. The van der Waals surface area contributed by atoms with Gasteiger partial charge in [0.15, 0.2) is 0 Å². The number of rotatable bonds is 2. The third-order valence-corrected chi connectivity index (χ3v) is 3.70. The van der Waals surface area contributed by atoms with Crippen molar-refractivity contribution in [3.63, 3.8) is 0 Å². The highest BCUT2D eigenvalue weighted by molar-refractivity contribution is 6.11. The van der Waals surface area contributed by atoms with Crippen molar-refractivity contribution in [2.75, 3.05) is 12.0 Å². The van der Waals surface area contributed by atoms with E-state index in [1.165, 1.54) is 12.0 Å². The standard InChI is InChI=1S/C17H15NO3/c1-21-17(20)15-11-12-7-5-6-10-14(12)16(19)18(15)13-8-3-2-4-9-13/h2-10,15H,11H2,1H3. The summed E-state index contributed by atoms with van der Waals surface area (Å²) in [5, 5.41) is 0. The van der Waals surface area contributed by atoms with Gasteiger partial charge in [-0.15, -0.1) is 0 Å². The minimum Gasteiger partial charge on any atom is -0.467 e. The Labute approximate surface area is 123 Å². The zero-order chi connectivity index (χ0) is 14.8. The summed E-state index contributed by atoms with van der Waals surface area (Å²) >= 11 is 0. The van der Waals surface area contributed by atoms with Crippen molar-refractivity contribution >= 4 is 17.6 Å². The monoisotopic (exact) mass is 281 g/mol. The summed E-state index contributed by atoms with van der Waals surface area (Å²) in [7, 11) is 1.34. The van der Waals surface area contributed by atoms with Crippen LogP contribution in [0.15, 0.2) is 54.6 Å². The first kappa shape index (κ1) is 13.4. The topological polar surface area (TPSA) is 46.6 Å². The number of para-hydroxylation sites is 1. The van der Waals surface area contributed by atoms with Crippen molar-refractivity contribution < 1.29 is 14.3 Å². The zero-order valence-corrected chi connectivity index (χ0v) is 11.7. The number of hydrogen-bond donors (Lipinski definition) is 0. The van der Waals surface area contributed by atoms with Crippen molar-refractivity contribution in [1.82, 2.24) is 0 Å². The number of esters is 1. The Balaban J connectivity index is 2.10. The van der Waals surface area contributed by atoms with Gasteiger partial charge >= 0.3 is 5.97 Å². The molecule has 0 aromatic heterocycles. The van der Waals surface area contributed by atoms with Crippen LogP contribution >= 0.6 is 0 Å². The van der Waals surface area contributed by atoms with Crippen molar-refractivity contribution in [2.24, 2.45) is 0 Å². The third-order valence-electron chi connectivity index (χ3n) is 3.70. The fourth-order valence-electron chi connectivity index (χ4n) is 2.69. The molecule has 1 aliphatic rings. The van der Waals surface area contributed by atoms with Crippen molar-refractivity contribution in [3.05, 3.63) is 65.7 Å². The summed E-state index contributed by atoms with van der Waals surface area (Å²) < 4.78 is 4.87. The van der Waals surface area contributed by atoms with Crippen LogP contribution in [0.25, 0.3) is 0 Å². The summed E-state index contributed by atoms with van der Waals surface area (Å²) in [5.74, 6) is -0.569. The van der Waals surface area contributed by atoms with Crippen LogP contribution < -0.4 is 4.90 Å². The van der Waals surface area contributed by atoms with E-state index in [2.05, 4.69) is 0 Å². The fraction of sp³-hybridized carbons (Fsp3) is 0.176. The molecule has 4 nitrogen and oxygen atoms in total. The summed E-state index contributed by atoms with van der Waals surface area (Å²) in [4.78, 5) is 26.4. The lowest BCUT2D eigenvalue weighted by Crippen LogP contribution is -2.50. The van der Waals surface area contributed by atoms with Crippen LogP contribution in [0.2, 0.25) is 0 Å². The number of ether oxygens (including phenoxy) is 1. The molecule has 0 saturated carbocycles. The molecule has 0 spiro atoms. The minimum absolute atomic E-state index is 0.168. The molecular formula is C17H15NO3. The van der Waals surface area contributed by atoms with Gasteiger partial charge in [-0.3, -0.25) is 9.69 Å². The molecule has 0 N–H and O–H groups in total. The van der Waals surface area contributed by atoms with Crippen LogP contribution in [0, 0.1) is 0 Å². The molecule has 1 unspecified atom stereocenters. The van der Waals surface area contributed by atoms with E-state index in [1.54, 1.807) is 6.07 Å². The first-order chi connectivity index (χ1) is 10.2. The first-order valence-corrected chi connectivity index (χ1v) is 6.76. The second kappa shape index (κ2) is 5.40. The van der Waals surface area contributed by atoms with Crippen LogP contribution in [0.4, 0.5) is 5.69 Å². The molecule has 4 heteroatoms. The average molecular weight is 281 g/mol. The highest BCUT2D eigenvalue weighted by Crippen LogP contribution is 2.28. The molecule has 106 valence electrons. The number of fused-ring (bicyclic) bond motifs is 1. The van der Waals surface area contributed by atoms with Crippen LogP contribution in [0.3, 0.4) is 0 Å². The van der Waals surface area contributed by atoms with E-state index in [0.29, 0.717) is 17.7 Å². The number of anilines is 1. The van der Waals surface area contributed by atoms with E-state index in [9.17, 15) is 9.59 Å².